The minimum absolute atomic E-state index is 0.0274. The highest BCUT2D eigenvalue weighted by Crippen LogP contribution is 2.45. The van der Waals surface area contributed by atoms with E-state index < -0.39 is 23.4 Å². The first-order chi connectivity index (χ1) is 24.2. The molecule has 9 rings (SSSR count). The highest BCUT2D eigenvalue weighted by molar-refractivity contribution is 7.23. The van der Waals surface area contributed by atoms with Crippen LogP contribution in [0.25, 0.3) is 38.3 Å². The van der Waals surface area contributed by atoms with E-state index >= 15 is 4.39 Å². The second kappa shape index (κ2) is 12.4. The van der Waals surface area contributed by atoms with Gasteiger partial charge in [0.05, 0.1) is 41.5 Å². The van der Waals surface area contributed by atoms with Gasteiger partial charge in [0.2, 0.25) is 0 Å². The van der Waals surface area contributed by atoms with Gasteiger partial charge in [-0.2, -0.15) is 15.2 Å². The van der Waals surface area contributed by atoms with Crippen molar-refractivity contribution in [3.05, 3.63) is 64.0 Å². The van der Waals surface area contributed by atoms with Crippen molar-refractivity contribution in [1.82, 2.24) is 29.0 Å². The predicted molar refractivity (Wildman–Crippen MR) is 186 cm³/mol. The summed E-state index contributed by atoms with van der Waals surface area (Å²) in [4.78, 5) is 31.7. The van der Waals surface area contributed by atoms with Crippen molar-refractivity contribution in [3.8, 4) is 23.3 Å². The summed E-state index contributed by atoms with van der Waals surface area (Å²) in [5.74, 6) is -0.372. The van der Waals surface area contributed by atoms with Gasteiger partial charge in [-0.05, 0) is 56.9 Å². The molecular weight excluding hydrogens is 668 g/mol. The van der Waals surface area contributed by atoms with Gasteiger partial charge < -0.3 is 24.5 Å². The Bertz CT molecular complexity index is 2280. The maximum Gasteiger partial charge on any atom is 0.318 e. The van der Waals surface area contributed by atoms with E-state index in [4.69, 9.17) is 10.5 Å². The Hall–Kier alpha value is -4.94. The van der Waals surface area contributed by atoms with E-state index in [0.29, 0.717) is 45.1 Å². The summed E-state index contributed by atoms with van der Waals surface area (Å²) in [5.41, 5.74) is 6.43. The quantitative estimate of drug-likeness (QED) is 0.242. The molecule has 2 unspecified atom stereocenters. The first kappa shape index (κ1) is 32.3. The molecule has 5 aromatic rings. The summed E-state index contributed by atoms with van der Waals surface area (Å²) in [5, 5.41) is 10.1. The highest BCUT2D eigenvalue weighted by Gasteiger charge is 2.36. The second-order valence-electron chi connectivity index (χ2n) is 13.1. The lowest BCUT2D eigenvalue weighted by Crippen LogP contribution is -2.36. The zero-order valence-corrected chi connectivity index (χ0v) is 28.1. The zero-order valence-electron chi connectivity index (χ0n) is 27.3. The number of aromatic nitrogens is 5. The number of nitrogen functional groups attached to an aromatic ring is 1. The van der Waals surface area contributed by atoms with Crippen LogP contribution in [0, 0.1) is 23.0 Å². The third kappa shape index (κ3) is 5.20. The van der Waals surface area contributed by atoms with Crippen molar-refractivity contribution >= 4 is 49.2 Å². The fraction of sp³-hybridized carbons (Fsp3) is 0.400. The molecule has 0 bridgehead atoms. The molecule has 258 valence electrons. The molecule has 0 radical (unpaired) electrons. The van der Waals surface area contributed by atoms with Gasteiger partial charge in [0, 0.05) is 42.7 Å². The average molecular weight is 702 g/mol. The van der Waals surface area contributed by atoms with Crippen LogP contribution in [0.5, 0.6) is 6.01 Å². The SMILES string of the molecule is C=Cc1ncc2n1CCN(c1nc(OC)nc3c(F)c(-c4ccc(F)c5sc(N)c(C#N)c45)n(C4CC4)c(=O)c13)C2.FC1CC2CCCN2C1. The van der Waals surface area contributed by atoms with E-state index in [1.54, 1.807) is 12.3 Å². The standard InChI is InChI=1S/C28H22F2N8O2S.C7H12FN/c1-3-18-33-11-14-12-36(8-9-37(14)18)26-20-22(34-28(35-26)40-2)21(30)23(38(27(20)39)13-4-5-13)15-6-7-17(29)24-19(15)16(10-31)25(32)41-24;8-6-4-7-2-1-3-9(7)5-6/h3,6-7,11,13H,1,4-5,8-9,12,32H2,2H3;6-7H,1-5H2. The molecule has 4 aliphatic rings. The molecule has 4 aromatic heterocycles. The Balaban J connectivity index is 0.000000346. The maximum atomic E-state index is 16.9. The van der Waals surface area contributed by atoms with Gasteiger partial charge in [-0.15, -0.1) is 11.3 Å². The van der Waals surface area contributed by atoms with Crippen LogP contribution in [0.15, 0.2) is 29.7 Å². The topological polar surface area (TPSA) is 131 Å². The Labute approximate surface area is 289 Å². The van der Waals surface area contributed by atoms with Crippen molar-refractivity contribution in [3.63, 3.8) is 0 Å². The van der Waals surface area contributed by atoms with E-state index in [-0.39, 0.29) is 60.7 Å². The molecule has 0 amide bonds. The molecule has 1 aromatic carbocycles. The Morgan fingerprint density at radius 1 is 1.14 bits per heavy atom. The predicted octanol–water partition coefficient (Wildman–Crippen LogP) is 5.80. The molecule has 3 fully saturated rings. The number of fused-ring (bicyclic) bond motifs is 4. The van der Waals surface area contributed by atoms with Crippen LogP contribution in [0.4, 0.5) is 24.0 Å². The van der Waals surface area contributed by atoms with Crippen LogP contribution in [0.1, 0.15) is 55.2 Å². The molecule has 1 aliphatic carbocycles. The third-order valence-corrected chi connectivity index (χ3v) is 11.1. The lowest BCUT2D eigenvalue weighted by Gasteiger charge is -2.30. The molecule has 15 heteroatoms. The Morgan fingerprint density at radius 2 is 1.96 bits per heavy atom. The summed E-state index contributed by atoms with van der Waals surface area (Å²) in [7, 11) is 1.37. The number of halogens is 3. The van der Waals surface area contributed by atoms with Crippen molar-refractivity contribution in [2.75, 3.05) is 37.4 Å². The van der Waals surface area contributed by atoms with Gasteiger partial charge in [0.25, 0.3) is 5.56 Å². The molecule has 11 nitrogen and oxygen atoms in total. The van der Waals surface area contributed by atoms with Crippen molar-refractivity contribution in [2.24, 2.45) is 0 Å². The summed E-state index contributed by atoms with van der Waals surface area (Å²) >= 11 is 0.912. The molecule has 1 saturated carbocycles. The number of hydrogen-bond acceptors (Lipinski definition) is 10. The fourth-order valence-corrected chi connectivity index (χ4v) is 8.60. The van der Waals surface area contributed by atoms with Gasteiger partial charge in [-0.25, -0.2) is 18.2 Å². The minimum atomic E-state index is -0.786. The van der Waals surface area contributed by atoms with Crippen LogP contribution in [-0.4, -0.2) is 67.9 Å². The van der Waals surface area contributed by atoms with E-state index in [1.807, 2.05) is 15.5 Å². The Morgan fingerprint density at radius 3 is 2.68 bits per heavy atom. The zero-order chi connectivity index (χ0) is 34.8. The number of thiophene rings is 1. The second-order valence-corrected chi connectivity index (χ2v) is 14.1. The highest BCUT2D eigenvalue weighted by atomic mass is 32.1. The average Bonchev–Trinajstić information content (AvgIpc) is 3.38. The van der Waals surface area contributed by atoms with E-state index in [0.717, 1.165) is 35.8 Å². The number of anilines is 2. The number of ether oxygens (including phenoxy) is 1. The molecular formula is C35H34F3N9O2S. The number of rotatable bonds is 5. The van der Waals surface area contributed by atoms with Crippen molar-refractivity contribution in [1.29, 1.82) is 5.26 Å². The van der Waals surface area contributed by atoms with Crippen LogP contribution in [0.3, 0.4) is 0 Å². The van der Waals surface area contributed by atoms with E-state index in [1.165, 1.54) is 36.7 Å². The first-order valence-electron chi connectivity index (χ1n) is 16.6. The summed E-state index contributed by atoms with van der Waals surface area (Å²) in [6.07, 6.45) is 7.56. The number of nitrogens with two attached hydrogens (primary N) is 1. The number of alkyl halides is 1. The summed E-state index contributed by atoms with van der Waals surface area (Å²) in [6.45, 7) is 7.08. The van der Waals surface area contributed by atoms with Crippen molar-refractivity contribution < 1.29 is 17.9 Å². The van der Waals surface area contributed by atoms with Crippen molar-refractivity contribution in [2.45, 2.75) is 63.4 Å². The number of pyridine rings is 1. The lowest BCUT2D eigenvalue weighted by atomic mass is 10.0. The van der Waals surface area contributed by atoms with Gasteiger partial charge in [0.15, 0.2) is 5.82 Å². The monoisotopic (exact) mass is 701 g/mol. The third-order valence-electron chi connectivity index (χ3n) is 10.1. The van der Waals surface area contributed by atoms with E-state index in [9.17, 15) is 18.8 Å². The number of imidazole rings is 1. The number of nitrogens with zero attached hydrogens (tertiary/aromatic N) is 8. The summed E-state index contributed by atoms with van der Waals surface area (Å²) < 4.78 is 53.2. The normalized spacial score (nSPS) is 20.0. The van der Waals surface area contributed by atoms with Crippen LogP contribution >= 0.6 is 11.3 Å². The summed E-state index contributed by atoms with van der Waals surface area (Å²) in [6, 6.07) is 4.83. The number of nitriles is 1. The number of benzene rings is 1. The van der Waals surface area contributed by atoms with Crippen LogP contribution < -0.4 is 20.9 Å². The smallest absolute Gasteiger partial charge is 0.318 e. The molecule has 2 N–H and O–H groups in total. The maximum absolute atomic E-state index is 16.9. The number of methoxy groups -OCH3 is 1. The molecule has 7 heterocycles. The lowest BCUT2D eigenvalue weighted by molar-refractivity contribution is 0.292. The molecule has 2 saturated heterocycles. The van der Waals surface area contributed by atoms with E-state index in [2.05, 4.69) is 26.4 Å². The molecule has 2 atom stereocenters. The number of hydrogen-bond donors (Lipinski definition) is 1. The van der Waals surface area contributed by atoms with Gasteiger partial charge in [-0.1, -0.05) is 6.58 Å². The fourth-order valence-electron chi connectivity index (χ4n) is 7.65. The molecule has 0 spiro atoms. The minimum Gasteiger partial charge on any atom is -0.467 e. The van der Waals surface area contributed by atoms with Gasteiger partial charge >= 0.3 is 6.01 Å². The largest absolute Gasteiger partial charge is 0.467 e. The molecule has 50 heavy (non-hydrogen) atoms. The first-order valence-corrected chi connectivity index (χ1v) is 17.4. The van der Waals surface area contributed by atoms with Gasteiger partial charge in [-0.3, -0.25) is 9.69 Å². The Kier molecular flexibility index (Phi) is 8.03. The van der Waals surface area contributed by atoms with Crippen LogP contribution in [0.2, 0.25) is 0 Å². The van der Waals surface area contributed by atoms with Crippen LogP contribution in [-0.2, 0) is 13.1 Å². The van der Waals surface area contributed by atoms with Gasteiger partial charge in [0.1, 0.15) is 45.6 Å². The molecule has 3 aliphatic heterocycles.